The molecule has 22 heavy (non-hydrogen) atoms. The van der Waals surface area contributed by atoms with Crippen LogP contribution >= 0.6 is 0 Å². The molecule has 0 aliphatic heterocycles. The molecule has 0 saturated heterocycles. The van der Waals surface area contributed by atoms with Crippen LogP contribution in [0.25, 0.3) is 0 Å². The topological polar surface area (TPSA) is 73.4 Å². The third kappa shape index (κ3) is 4.00. The number of methoxy groups -OCH3 is 2. The van der Waals surface area contributed by atoms with Gasteiger partial charge >= 0.3 is 5.97 Å². The number of carbonyl (C=O) groups is 1. The summed E-state index contributed by atoms with van der Waals surface area (Å²) in [6.45, 7) is 2.10. The molecular weight excluding hydrogens is 284 g/mol. The Bertz CT molecular complexity index is 615. The SMILES string of the molecule is CCOC(=O)c1cc(CCc2cc(OC)cc(OC)c2)[nH]n1. The number of hydrogen-bond donors (Lipinski definition) is 1. The first-order valence-corrected chi connectivity index (χ1v) is 7.09. The van der Waals surface area contributed by atoms with Gasteiger partial charge in [-0.15, -0.1) is 0 Å². The van der Waals surface area contributed by atoms with Crippen LogP contribution in [-0.2, 0) is 17.6 Å². The average molecular weight is 304 g/mol. The van der Waals surface area contributed by atoms with Gasteiger partial charge in [-0.05, 0) is 43.5 Å². The minimum absolute atomic E-state index is 0.306. The van der Waals surface area contributed by atoms with Crippen LogP contribution in [0.5, 0.6) is 11.5 Å². The second-order valence-electron chi connectivity index (χ2n) is 4.72. The summed E-state index contributed by atoms with van der Waals surface area (Å²) >= 11 is 0. The van der Waals surface area contributed by atoms with E-state index in [4.69, 9.17) is 14.2 Å². The Balaban J connectivity index is 2.02. The number of carbonyl (C=O) groups excluding carboxylic acids is 1. The van der Waals surface area contributed by atoms with Gasteiger partial charge < -0.3 is 14.2 Å². The molecule has 1 aromatic carbocycles. The predicted octanol–water partition coefficient (Wildman–Crippen LogP) is 2.39. The van der Waals surface area contributed by atoms with Crippen LogP contribution in [0.2, 0.25) is 0 Å². The summed E-state index contributed by atoms with van der Waals surface area (Å²) in [6, 6.07) is 7.48. The van der Waals surface area contributed by atoms with Gasteiger partial charge in [-0.3, -0.25) is 5.10 Å². The largest absolute Gasteiger partial charge is 0.497 e. The number of nitrogens with one attached hydrogen (secondary N) is 1. The van der Waals surface area contributed by atoms with Gasteiger partial charge in [0.2, 0.25) is 0 Å². The van der Waals surface area contributed by atoms with Crippen molar-refractivity contribution in [3.63, 3.8) is 0 Å². The van der Waals surface area contributed by atoms with E-state index in [1.165, 1.54) is 0 Å². The zero-order valence-electron chi connectivity index (χ0n) is 13.0. The molecule has 0 spiro atoms. The number of aromatic nitrogens is 2. The van der Waals surface area contributed by atoms with Crippen molar-refractivity contribution >= 4 is 5.97 Å². The molecule has 2 aromatic rings. The molecule has 0 aliphatic carbocycles. The molecule has 1 aromatic heterocycles. The van der Waals surface area contributed by atoms with Gasteiger partial charge in [0.1, 0.15) is 11.5 Å². The van der Waals surface area contributed by atoms with Crippen LogP contribution in [-0.4, -0.2) is 37.0 Å². The van der Waals surface area contributed by atoms with Gasteiger partial charge in [0.25, 0.3) is 0 Å². The molecule has 0 bridgehead atoms. The molecule has 0 unspecified atom stereocenters. The van der Waals surface area contributed by atoms with Crippen molar-refractivity contribution in [3.05, 3.63) is 41.2 Å². The molecule has 2 rings (SSSR count). The van der Waals surface area contributed by atoms with E-state index in [0.717, 1.165) is 35.6 Å². The zero-order valence-corrected chi connectivity index (χ0v) is 13.0. The van der Waals surface area contributed by atoms with Crippen LogP contribution in [0.4, 0.5) is 0 Å². The second kappa shape index (κ2) is 7.49. The lowest BCUT2D eigenvalue weighted by Gasteiger charge is -2.07. The van der Waals surface area contributed by atoms with Crippen LogP contribution < -0.4 is 9.47 Å². The van der Waals surface area contributed by atoms with Crippen molar-refractivity contribution in [2.75, 3.05) is 20.8 Å². The Kier molecular flexibility index (Phi) is 5.41. The van der Waals surface area contributed by atoms with Crippen molar-refractivity contribution in [2.24, 2.45) is 0 Å². The molecule has 0 saturated carbocycles. The van der Waals surface area contributed by atoms with E-state index >= 15 is 0 Å². The number of nitrogens with zero attached hydrogens (tertiary/aromatic N) is 1. The van der Waals surface area contributed by atoms with Gasteiger partial charge in [0, 0.05) is 11.8 Å². The summed E-state index contributed by atoms with van der Waals surface area (Å²) in [4.78, 5) is 11.6. The lowest BCUT2D eigenvalue weighted by atomic mass is 10.1. The average Bonchev–Trinajstić information content (AvgIpc) is 3.02. The Morgan fingerprint density at radius 1 is 1.09 bits per heavy atom. The first-order chi connectivity index (χ1) is 10.7. The van der Waals surface area contributed by atoms with Crippen LogP contribution in [0.15, 0.2) is 24.3 Å². The highest BCUT2D eigenvalue weighted by atomic mass is 16.5. The summed E-state index contributed by atoms with van der Waals surface area (Å²) < 4.78 is 15.4. The van der Waals surface area contributed by atoms with E-state index in [9.17, 15) is 4.79 Å². The number of aryl methyl sites for hydroxylation is 2. The Labute approximate surface area is 129 Å². The fourth-order valence-electron chi connectivity index (χ4n) is 2.09. The number of rotatable bonds is 7. The molecule has 0 fully saturated rings. The van der Waals surface area contributed by atoms with E-state index in [2.05, 4.69) is 10.2 Å². The summed E-state index contributed by atoms with van der Waals surface area (Å²) in [5.74, 6) is 1.10. The number of H-pyrrole nitrogens is 1. The number of hydrogen-bond acceptors (Lipinski definition) is 5. The van der Waals surface area contributed by atoms with E-state index in [1.54, 1.807) is 27.2 Å². The van der Waals surface area contributed by atoms with Gasteiger partial charge in [-0.25, -0.2) is 4.79 Å². The maximum Gasteiger partial charge on any atom is 0.358 e. The number of ether oxygens (including phenoxy) is 3. The number of esters is 1. The second-order valence-corrected chi connectivity index (χ2v) is 4.72. The van der Waals surface area contributed by atoms with E-state index < -0.39 is 5.97 Å². The van der Waals surface area contributed by atoms with Gasteiger partial charge in [0.15, 0.2) is 5.69 Å². The van der Waals surface area contributed by atoms with Gasteiger partial charge in [0.05, 0.1) is 20.8 Å². The standard InChI is InChI=1S/C16H20N2O4/c1-4-22-16(19)15-9-12(17-18-15)6-5-11-7-13(20-2)10-14(8-11)21-3/h7-10H,4-6H2,1-3H3,(H,17,18). The first-order valence-electron chi connectivity index (χ1n) is 7.09. The summed E-state index contributed by atoms with van der Waals surface area (Å²) in [5, 5.41) is 6.82. The highest BCUT2D eigenvalue weighted by Crippen LogP contribution is 2.23. The summed E-state index contributed by atoms with van der Waals surface area (Å²) in [6.07, 6.45) is 1.50. The maximum absolute atomic E-state index is 11.6. The third-order valence-electron chi connectivity index (χ3n) is 3.21. The fraction of sp³-hybridized carbons (Fsp3) is 0.375. The monoisotopic (exact) mass is 304 g/mol. The quantitative estimate of drug-likeness (QED) is 0.795. The first kappa shape index (κ1) is 15.9. The smallest absolute Gasteiger partial charge is 0.358 e. The lowest BCUT2D eigenvalue weighted by molar-refractivity contribution is 0.0519. The van der Waals surface area contributed by atoms with E-state index in [1.807, 2.05) is 18.2 Å². The normalized spacial score (nSPS) is 10.3. The Hall–Kier alpha value is -2.50. The van der Waals surface area contributed by atoms with E-state index in [-0.39, 0.29) is 0 Å². The van der Waals surface area contributed by atoms with Crippen molar-refractivity contribution < 1.29 is 19.0 Å². The highest BCUT2D eigenvalue weighted by Gasteiger charge is 2.11. The van der Waals surface area contributed by atoms with Gasteiger partial charge in [-0.1, -0.05) is 0 Å². The predicted molar refractivity (Wildman–Crippen MR) is 81.5 cm³/mol. The van der Waals surface area contributed by atoms with Gasteiger partial charge in [-0.2, -0.15) is 5.10 Å². The van der Waals surface area contributed by atoms with Crippen molar-refractivity contribution in [1.82, 2.24) is 10.2 Å². The van der Waals surface area contributed by atoms with Crippen LogP contribution in [0.1, 0.15) is 28.7 Å². The number of aromatic amines is 1. The molecule has 6 heteroatoms. The molecular formula is C16H20N2O4. The molecule has 1 N–H and O–H groups in total. The molecule has 6 nitrogen and oxygen atoms in total. The molecule has 118 valence electrons. The van der Waals surface area contributed by atoms with Crippen molar-refractivity contribution in [1.29, 1.82) is 0 Å². The zero-order chi connectivity index (χ0) is 15.9. The van der Waals surface area contributed by atoms with Crippen LogP contribution in [0, 0.1) is 0 Å². The molecule has 1 heterocycles. The Morgan fingerprint density at radius 3 is 2.36 bits per heavy atom. The molecule has 0 atom stereocenters. The highest BCUT2D eigenvalue weighted by molar-refractivity contribution is 5.87. The fourth-order valence-corrected chi connectivity index (χ4v) is 2.09. The van der Waals surface area contributed by atoms with Crippen molar-refractivity contribution in [2.45, 2.75) is 19.8 Å². The molecule has 0 amide bonds. The minimum atomic E-state index is -0.409. The van der Waals surface area contributed by atoms with E-state index in [0.29, 0.717) is 12.3 Å². The van der Waals surface area contributed by atoms with Crippen molar-refractivity contribution in [3.8, 4) is 11.5 Å². The molecule has 0 aliphatic rings. The van der Waals surface area contributed by atoms with Crippen LogP contribution in [0.3, 0.4) is 0 Å². The molecule has 0 radical (unpaired) electrons. The number of benzene rings is 1. The third-order valence-corrected chi connectivity index (χ3v) is 3.21. The summed E-state index contributed by atoms with van der Waals surface area (Å²) in [5.41, 5.74) is 2.27. The summed E-state index contributed by atoms with van der Waals surface area (Å²) in [7, 11) is 3.25. The minimum Gasteiger partial charge on any atom is -0.497 e. The Morgan fingerprint density at radius 2 is 1.77 bits per heavy atom. The maximum atomic E-state index is 11.6. The lowest BCUT2D eigenvalue weighted by Crippen LogP contribution is -2.04.